The van der Waals surface area contributed by atoms with Crippen molar-refractivity contribution in [3.05, 3.63) is 52.8 Å². The van der Waals surface area contributed by atoms with Gasteiger partial charge in [-0.3, -0.25) is 9.78 Å². The number of aryl methyl sites for hydroxylation is 1. The molecule has 21 heavy (non-hydrogen) atoms. The van der Waals surface area contributed by atoms with Gasteiger partial charge >= 0.3 is 0 Å². The molecule has 0 radical (unpaired) electrons. The van der Waals surface area contributed by atoms with Gasteiger partial charge in [0.25, 0.3) is 0 Å². The summed E-state index contributed by atoms with van der Waals surface area (Å²) in [5.74, 6) is 0.785. The van der Waals surface area contributed by atoms with Crippen LogP contribution in [0.4, 0.5) is 5.69 Å². The van der Waals surface area contributed by atoms with Crippen LogP contribution in [0.2, 0.25) is 0 Å². The summed E-state index contributed by atoms with van der Waals surface area (Å²) in [4.78, 5) is 15.9. The average Bonchev–Trinajstić information content (AvgIpc) is 2.44. The van der Waals surface area contributed by atoms with E-state index < -0.39 is 0 Å². The van der Waals surface area contributed by atoms with Gasteiger partial charge in [-0.25, -0.2) is 0 Å². The molecule has 0 atom stereocenters. The van der Waals surface area contributed by atoms with Crippen molar-refractivity contribution in [3.63, 3.8) is 0 Å². The molecule has 0 unspecified atom stereocenters. The molecule has 0 fully saturated rings. The van der Waals surface area contributed by atoms with Crippen LogP contribution in [0.25, 0.3) is 0 Å². The van der Waals surface area contributed by atoms with Crippen molar-refractivity contribution >= 4 is 27.5 Å². The molecule has 1 aromatic carbocycles. The number of halogens is 1. The number of benzene rings is 1. The quantitative estimate of drug-likeness (QED) is 0.804. The van der Waals surface area contributed by atoms with E-state index in [2.05, 4.69) is 26.2 Å². The number of carbonyl (C=O) groups excluding carboxylic acids is 1. The first-order valence-corrected chi connectivity index (χ1v) is 7.53. The Morgan fingerprint density at radius 3 is 2.95 bits per heavy atom. The minimum atomic E-state index is -0.0153. The maximum absolute atomic E-state index is 11.8. The van der Waals surface area contributed by atoms with E-state index >= 15 is 0 Å². The maximum Gasteiger partial charge on any atom is 0.224 e. The molecule has 2 aromatic rings. The van der Waals surface area contributed by atoms with Crippen LogP contribution in [0.5, 0.6) is 5.75 Å². The van der Waals surface area contributed by atoms with E-state index in [1.54, 1.807) is 12.3 Å². The third-order valence-corrected chi connectivity index (χ3v) is 3.29. The van der Waals surface area contributed by atoms with Gasteiger partial charge in [-0.15, -0.1) is 0 Å². The van der Waals surface area contributed by atoms with Crippen molar-refractivity contribution < 1.29 is 9.53 Å². The van der Waals surface area contributed by atoms with E-state index in [0.717, 1.165) is 21.6 Å². The number of hydrogen-bond acceptors (Lipinski definition) is 3. The summed E-state index contributed by atoms with van der Waals surface area (Å²) < 4.78 is 6.56. The summed E-state index contributed by atoms with van der Waals surface area (Å²) in [7, 11) is 0. The molecule has 0 aliphatic heterocycles. The third kappa shape index (κ3) is 5.55. The van der Waals surface area contributed by atoms with Crippen LogP contribution in [-0.4, -0.2) is 17.5 Å². The van der Waals surface area contributed by atoms with E-state index in [9.17, 15) is 4.79 Å². The van der Waals surface area contributed by atoms with E-state index in [-0.39, 0.29) is 5.91 Å². The third-order valence-electron chi connectivity index (χ3n) is 2.79. The van der Waals surface area contributed by atoms with Crippen molar-refractivity contribution in [1.82, 2.24) is 4.98 Å². The van der Waals surface area contributed by atoms with Gasteiger partial charge in [0.05, 0.1) is 6.61 Å². The number of rotatable bonds is 6. The normalized spacial score (nSPS) is 10.2. The Morgan fingerprint density at radius 1 is 1.33 bits per heavy atom. The Kier molecular flexibility index (Phi) is 5.75. The molecular weight excluding hydrogens is 332 g/mol. The number of nitrogens with zero attached hydrogens (tertiary/aromatic N) is 1. The monoisotopic (exact) mass is 348 g/mol. The fourth-order valence-electron chi connectivity index (χ4n) is 1.83. The molecule has 4 nitrogen and oxygen atoms in total. The highest BCUT2D eigenvalue weighted by molar-refractivity contribution is 9.10. The predicted octanol–water partition coefficient (Wildman–Crippen LogP) is 3.95. The van der Waals surface area contributed by atoms with E-state index in [1.165, 1.54) is 0 Å². The summed E-state index contributed by atoms with van der Waals surface area (Å²) in [5.41, 5.74) is 1.66. The van der Waals surface area contributed by atoms with Crippen molar-refractivity contribution in [2.24, 2.45) is 0 Å². The van der Waals surface area contributed by atoms with Gasteiger partial charge in [0.1, 0.15) is 5.75 Å². The lowest BCUT2D eigenvalue weighted by Crippen LogP contribution is -2.13. The van der Waals surface area contributed by atoms with Crippen molar-refractivity contribution in [2.45, 2.75) is 19.8 Å². The summed E-state index contributed by atoms with van der Waals surface area (Å²) >= 11 is 3.39. The molecule has 5 heteroatoms. The topological polar surface area (TPSA) is 51.2 Å². The van der Waals surface area contributed by atoms with Crippen LogP contribution < -0.4 is 10.1 Å². The number of anilines is 1. The largest absolute Gasteiger partial charge is 0.494 e. The number of hydrogen-bond donors (Lipinski definition) is 1. The van der Waals surface area contributed by atoms with E-state index in [4.69, 9.17) is 4.74 Å². The second kappa shape index (κ2) is 7.78. The smallest absolute Gasteiger partial charge is 0.224 e. The van der Waals surface area contributed by atoms with Crippen LogP contribution in [0.15, 0.2) is 47.1 Å². The van der Waals surface area contributed by atoms with Crippen LogP contribution in [0, 0.1) is 6.92 Å². The summed E-state index contributed by atoms with van der Waals surface area (Å²) in [6.45, 7) is 2.40. The highest BCUT2D eigenvalue weighted by Gasteiger charge is 2.03. The molecule has 0 aliphatic carbocycles. The zero-order chi connectivity index (χ0) is 15.1. The minimum absolute atomic E-state index is 0.0153. The van der Waals surface area contributed by atoms with Crippen LogP contribution >= 0.6 is 15.9 Å². The summed E-state index contributed by atoms with van der Waals surface area (Å²) in [5, 5.41) is 2.85. The molecule has 110 valence electrons. The maximum atomic E-state index is 11.8. The Morgan fingerprint density at radius 2 is 2.19 bits per heavy atom. The first-order chi connectivity index (χ1) is 10.1. The van der Waals surface area contributed by atoms with Gasteiger partial charge in [-0.05, 0) is 43.7 Å². The zero-order valence-corrected chi connectivity index (χ0v) is 13.4. The lowest BCUT2D eigenvalue weighted by Gasteiger charge is -2.07. The fraction of sp³-hybridized carbons (Fsp3) is 0.250. The molecule has 1 amide bonds. The van der Waals surface area contributed by atoms with E-state index in [0.29, 0.717) is 19.4 Å². The Hall–Kier alpha value is -1.88. The minimum Gasteiger partial charge on any atom is -0.494 e. The highest BCUT2D eigenvalue weighted by atomic mass is 79.9. The van der Waals surface area contributed by atoms with Crippen LogP contribution in [0.3, 0.4) is 0 Å². The first-order valence-electron chi connectivity index (χ1n) is 6.74. The highest BCUT2D eigenvalue weighted by Crippen LogP contribution is 2.18. The first kappa shape index (κ1) is 15.5. The van der Waals surface area contributed by atoms with Crippen LogP contribution in [0.1, 0.15) is 18.5 Å². The molecule has 0 saturated carbocycles. The molecule has 0 saturated heterocycles. The number of amides is 1. The van der Waals surface area contributed by atoms with E-state index in [1.807, 2.05) is 37.3 Å². The fourth-order valence-corrected chi connectivity index (χ4v) is 2.20. The molecule has 0 bridgehead atoms. The number of nitrogens with one attached hydrogen (secondary N) is 1. The van der Waals surface area contributed by atoms with Gasteiger partial charge in [0.2, 0.25) is 5.91 Å². The van der Waals surface area contributed by atoms with Gasteiger partial charge in [0, 0.05) is 28.5 Å². The van der Waals surface area contributed by atoms with Crippen molar-refractivity contribution in [3.8, 4) is 5.75 Å². The Labute approximate surface area is 132 Å². The molecular formula is C16H17BrN2O2. The predicted molar refractivity (Wildman–Crippen MR) is 86.5 cm³/mol. The average molecular weight is 349 g/mol. The van der Waals surface area contributed by atoms with Crippen molar-refractivity contribution in [1.29, 1.82) is 0 Å². The molecule has 0 spiro atoms. The lowest BCUT2D eigenvalue weighted by molar-refractivity contribution is -0.116. The Bertz CT molecular complexity index is 617. The summed E-state index contributed by atoms with van der Waals surface area (Å²) in [6, 6.07) is 11.3. The molecule has 2 rings (SSSR count). The zero-order valence-electron chi connectivity index (χ0n) is 11.8. The number of pyridine rings is 1. The molecule has 1 aromatic heterocycles. The Balaban J connectivity index is 1.70. The van der Waals surface area contributed by atoms with Crippen LogP contribution in [-0.2, 0) is 4.79 Å². The summed E-state index contributed by atoms with van der Waals surface area (Å²) in [6.07, 6.45) is 2.78. The SMILES string of the molecule is Cc1cc(NC(=O)CCCOc2cccc(Br)c2)ccn1. The number of ether oxygens (including phenoxy) is 1. The number of aromatic nitrogens is 1. The van der Waals surface area contributed by atoms with Gasteiger partial charge in [-0.1, -0.05) is 22.0 Å². The lowest BCUT2D eigenvalue weighted by atomic mass is 10.3. The van der Waals surface area contributed by atoms with Crippen molar-refractivity contribution in [2.75, 3.05) is 11.9 Å². The molecule has 0 aliphatic rings. The standard InChI is InChI=1S/C16H17BrN2O2/c1-12-10-14(7-8-18-12)19-16(20)6-3-9-21-15-5-2-4-13(17)11-15/h2,4-5,7-8,10-11H,3,6,9H2,1H3,(H,18,19,20). The molecule has 1 N–H and O–H groups in total. The van der Waals surface area contributed by atoms with Gasteiger partial charge < -0.3 is 10.1 Å². The van der Waals surface area contributed by atoms with Gasteiger partial charge in [0.15, 0.2) is 0 Å². The second-order valence-corrected chi connectivity index (χ2v) is 5.56. The molecule has 1 heterocycles. The number of carbonyl (C=O) groups is 1. The second-order valence-electron chi connectivity index (χ2n) is 4.64. The van der Waals surface area contributed by atoms with Gasteiger partial charge in [-0.2, -0.15) is 0 Å².